The Bertz CT molecular complexity index is 587. The van der Waals surface area contributed by atoms with Gasteiger partial charge in [0.25, 0.3) is 0 Å². The second-order valence-corrected chi connectivity index (χ2v) is 9.38. The van der Waals surface area contributed by atoms with E-state index < -0.39 is 0 Å². The van der Waals surface area contributed by atoms with Crippen LogP contribution in [0.5, 0.6) is 0 Å². The zero-order valence-corrected chi connectivity index (χ0v) is 14.6. The minimum atomic E-state index is -0.230. The first kappa shape index (κ1) is 14.7. The van der Waals surface area contributed by atoms with E-state index in [-0.39, 0.29) is 17.1 Å². The molecule has 7 atom stereocenters. The molecular formula is C21H30O2. The molecule has 1 aliphatic heterocycles. The summed E-state index contributed by atoms with van der Waals surface area (Å²) in [5.74, 6) is 2.28. The van der Waals surface area contributed by atoms with Crippen molar-refractivity contribution >= 4 is 0 Å². The monoisotopic (exact) mass is 314 g/mol. The maximum absolute atomic E-state index is 10.0. The van der Waals surface area contributed by atoms with E-state index in [9.17, 15) is 5.11 Å². The number of rotatable bonds is 0. The Kier molecular flexibility index (Phi) is 2.89. The van der Waals surface area contributed by atoms with Crippen LogP contribution in [0.2, 0.25) is 0 Å². The van der Waals surface area contributed by atoms with Gasteiger partial charge < -0.3 is 9.84 Å². The van der Waals surface area contributed by atoms with Crippen molar-refractivity contribution in [3.05, 3.63) is 23.8 Å². The molecule has 1 saturated heterocycles. The van der Waals surface area contributed by atoms with Crippen LogP contribution in [0.3, 0.4) is 0 Å². The summed E-state index contributed by atoms with van der Waals surface area (Å²) < 4.78 is 6.21. The fourth-order valence-electron chi connectivity index (χ4n) is 7.23. The lowest BCUT2D eigenvalue weighted by atomic mass is 9.47. The summed E-state index contributed by atoms with van der Waals surface area (Å²) in [4.78, 5) is 0. The number of aliphatic hydroxyl groups is 1. The van der Waals surface area contributed by atoms with Gasteiger partial charge in [-0.05, 0) is 67.3 Å². The zero-order chi connectivity index (χ0) is 15.9. The Hall–Kier alpha value is -0.600. The fourth-order valence-corrected chi connectivity index (χ4v) is 7.23. The summed E-state index contributed by atoms with van der Waals surface area (Å²) in [7, 11) is 0. The van der Waals surface area contributed by atoms with Crippen LogP contribution in [0.25, 0.3) is 0 Å². The molecule has 5 aliphatic rings. The lowest BCUT2D eigenvalue weighted by molar-refractivity contribution is -0.223. The molecule has 2 nitrogen and oxygen atoms in total. The van der Waals surface area contributed by atoms with E-state index in [0.29, 0.717) is 5.41 Å². The van der Waals surface area contributed by atoms with Crippen LogP contribution < -0.4 is 0 Å². The molecule has 3 fully saturated rings. The summed E-state index contributed by atoms with van der Waals surface area (Å²) in [6.07, 6.45) is 15.4. The van der Waals surface area contributed by atoms with Gasteiger partial charge in [-0.3, -0.25) is 0 Å². The first-order valence-corrected chi connectivity index (χ1v) is 9.71. The van der Waals surface area contributed by atoms with Crippen molar-refractivity contribution in [2.75, 3.05) is 6.61 Å². The number of hydrogen-bond acceptors (Lipinski definition) is 2. The van der Waals surface area contributed by atoms with Crippen LogP contribution in [0, 0.1) is 28.6 Å². The summed E-state index contributed by atoms with van der Waals surface area (Å²) in [5, 5.41) is 10.0. The summed E-state index contributed by atoms with van der Waals surface area (Å²) in [6.45, 7) is 5.99. The highest BCUT2D eigenvalue weighted by atomic mass is 16.5. The highest BCUT2D eigenvalue weighted by molar-refractivity contribution is 5.36. The Labute approximate surface area is 140 Å². The Morgan fingerprint density at radius 1 is 1.04 bits per heavy atom. The van der Waals surface area contributed by atoms with Crippen LogP contribution in [-0.4, -0.2) is 23.4 Å². The van der Waals surface area contributed by atoms with E-state index in [1.165, 1.54) is 37.7 Å². The Balaban J connectivity index is 1.54. The van der Waals surface area contributed by atoms with Gasteiger partial charge in [-0.2, -0.15) is 0 Å². The quantitative estimate of drug-likeness (QED) is 0.724. The van der Waals surface area contributed by atoms with E-state index in [4.69, 9.17) is 4.74 Å². The smallest absolute Gasteiger partial charge is 0.0760 e. The summed E-state index contributed by atoms with van der Waals surface area (Å²) in [5.41, 5.74) is 2.31. The van der Waals surface area contributed by atoms with Crippen LogP contribution in [0.1, 0.15) is 58.8 Å². The number of fused-ring (bicyclic) bond motifs is 6. The predicted octanol–water partition coefficient (Wildman–Crippen LogP) is 4.25. The average molecular weight is 314 g/mol. The average Bonchev–Trinajstić information content (AvgIpc) is 2.81. The van der Waals surface area contributed by atoms with E-state index in [1.807, 2.05) is 0 Å². The van der Waals surface area contributed by atoms with Gasteiger partial charge in [0.15, 0.2) is 0 Å². The molecule has 0 radical (unpaired) electrons. The molecule has 23 heavy (non-hydrogen) atoms. The lowest BCUT2D eigenvalue weighted by Crippen LogP contribution is -2.58. The number of ether oxygens (including phenoxy) is 1. The number of allylic oxidation sites excluding steroid dienone is 3. The van der Waals surface area contributed by atoms with Crippen molar-refractivity contribution in [2.24, 2.45) is 28.6 Å². The molecule has 1 heterocycles. The third kappa shape index (κ3) is 1.67. The molecule has 0 bridgehead atoms. The maximum Gasteiger partial charge on any atom is 0.0760 e. The molecule has 0 aromatic rings. The topological polar surface area (TPSA) is 29.5 Å². The van der Waals surface area contributed by atoms with Crippen LogP contribution in [0.15, 0.2) is 23.8 Å². The number of aliphatic hydroxyl groups excluding tert-OH is 1. The van der Waals surface area contributed by atoms with Crippen molar-refractivity contribution in [1.29, 1.82) is 0 Å². The predicted molar refractivity (Wildman–Crippen MR) is 90.9 cm³/mol. The van der Waals surface area contributed by atoms with Crippen LogP contribution >= 0.6 is 0 Å². The summed E-state index contributed by atoms with van der Waals surface area (Å²) >= 11 is 0. The van der Waals surface area contributed by atoms with Crippen molar-refractivity contribution in [2.45, 2.75) is 70.5 Å². The van der Waals surface area contributed by atoms with E-state index in [0.717, 1.165) is 37.2 Å². The van der Waals surface area contributed by atoms with Gasteiger partial charge in [0.1, 0.15) is 0 Å². The Morgan fingerprint density at radius 3 is 2.57 bits per heavy atom. The second-order valence-electron chi connectivity index (χ2n) is 9.38. The van der Waals surface area contributed by atoms with Gasteiger partial charge in [0, 0.05) is 11.8 Å². The maximum atomic E-state index is 10.0. The van der Waals surface area contributed by atoms with Crippen molar-refractivity contribution in [3.8, 4) is 0 Å². The van der Waals surface area contributed by atoms with Gasteiger partial charge in [-0.1, -0.05) is 32.1 Å². The molecule has 0 aromatic heterocycles. The highest BCUT2D eigenvalue weighted by Crippen LogP contribution is 2.69. The molecule has 4 aliphatic carbocycles. The number of hydrogen-bond donors (Lipinski definition) is 1. The first-order valence-electron chi connectivity index (χ1n) is 9.71. The lowest BCUT2D eigenvalue weighted by Gasteiger charge is -2.60. The van der Waals surface area contributed by atoms with Gasteiger partial charge in [0.2, 0.25) is 0 Å². The third-order valence-electron chi connectivity index (χ3n) is 8.81. The molecule has 1 N–H and O–H groups in total. The van der Waals surface area contributed by atoms with Crippen LogP contribution in [0.4, 0.5) is 0 Å². The fraction of sp³-hybridized carbons (Fsp3) is 0.810. The van der Waals surface area contributed by atoms with Gasteiger partial charge in [-0.15, -0.1) is 0 Å². The second kappa shape index (κ2) is 4.52. The molecule has 0 aromatic carbocycles. The van der Waals surface area contributed by atoms with Crippen molar-refractivity contribution in [3.63, 3.8) is 0 Å². The van der Waals surface area contributed by atoms with Crippen molar-refractivity contribution in [1.82, 2.24) is 0 Å². The third-order valence-corrected chi connectivity index (χ3v) is 8.81. The van der Waals surface area contributed by atoms with Gasteiger partial charge in [0.05, 0.1) is 18.3 Å². The highest BCUT2D eigenvalue weighted by Gasteiger charge is 2.66. The molecule has 126 valence electrons. The Morgan fingerprint density at radius 2 is 1.83 bits per heavy atom. The standard InChI is InChI=1S/C21H30O2/c1-19-8-5-15(22)13-14(19)3-4-16-17(19)6-9-20(2)18(16)7-10-21(20)11-12-23-21/h3-4,13,15-18,22H,5-12H2,1-2H3/t15-,16-,17+,18+,19+,20+,21-/m1/s1. The molecule has 1 spiro atoms. The van der Waals surface area contributed by atoms with Gasteiger partial charge >= 0.3 is 0 Å². The largest absolute Gasteiger partial charge is 0.389 e. The molecule has 2 heteroatoms. The van der Waals surface area contributed by atoms with E-state index >= 15 is 0 Å². The molecule has 2 saturated carbocycles. The van der Waals surface area contributed by atoms with E-state index in [2.05, 4.69) is 32.1 Å². The molecular weight excluding hydrogens is 284 g/mol. The molecule has 0 unspecified atom stereocenters. The van der Waals surface area contributed by atoms with Crippen molar-refractivity contribution < 1.29 is 9.84 Å². The van der Waals surface area contributed by atoms with Crippen LogP contribution in [-0.2, 0) is 4.74 Å². The molecule has 5 rings (SSSR count). The van der Waals surface area contributed by atoms with Gasteiger partial charge in [-0.25, -0.2) is 0 Å². The minimum absolute atomic E-state index is 0.219. The SMILES string of the molecule is C[C@]12CC[C@@H](O)C=C1C=C[C@@H]1[C@@H]2CC[C@@]2(C)[C@H]1CC[C@@]21CCO1. The van der Waals surface area contributed by atoms with E-state index in [1.54, 1.807) is 0 Å². The first-order chi connectivity index (χ1) is 11.0. The normalized spacial score (nSPS) is 57.3. The zero-order valence-electron chi connectivity index (χ0n) is 14.6. The minimum Gasteiger partial charge on any atom is -0.389 e. The molecule has 0 amide bonds. The summed E-state index contributed by atoms with van der Waals surface area (Å²) in [6, 6.07) is 0.